The maximum atomic E-state index is 5.87. The molecule has 0 radical (unpaired) electrons. The number of nitrogens with zero attached hydrogens (tertiary/aromatic N) is 3. The molecule has 0 atom stereocenters. The van der Waals surface area contributed by atoms with Gasteiger partial charge < -0.3 is 10.1 Å². The van der Waals surface area contributed by atoms with Gasteiger partial charge in [0, 0.05) is 6.54 Å². The Morgan fingerprint density at radius 2 is 2.28 bits per heavy atom. The zero-order valence-corrected chi connectivity index (χ0v) is 11.6. The molecule has 1 fully saturated rings. The fourth-order valence-electron chi connectivity index (χ4n) is 2.36. The highest BCUT2D eigenvalue weighted by molar-refractivity contribution is 4.85. The maximum Gasteiger partial charge on any atom is 0.152 e. The molecular weight excluding hydrogens is 228 g/mol. The summed E-state index contributed by atoms with van der Waals surface area (Å²) in [6, 6.07) is 0. The third-order valence-electron chi connectivity index (χ3n) is 3.37. The minimum absolute atomic E-state index is 0.410. The van der Waals surface area contributed by atoms with Gasteiger partial charge in [-0.3, -0.25) is 0 Å². The van der Waals surface area contributed by atoms with Crippen LogP contribution in [0.4, 0.5) is 0 Å². The van der Waals surface area contributed by atoms with Gasteiger partial charge in [-0.2, -0.15) is 5.10 Å². The first-order valence-electron chi connectivity index (χ1n) is 6.82. The highest BCUT2D eigenvalue weighted by Gasteiger charge is 2.29. The molecule has 0 aliphatic heterocycles. The second-order valence-corrected chi connectivity index (χ2v) is 5.58. The number of nitrogens with one attached hydrogen (secondary N) is 1. The van der Waals surface area contributed by atoms with Crippen LogP contribution in [0.3, 0.4) is 0 Å². The summed E-state index contributed by atoms with van der Waals surface area (Å²) < 4.78 is 7.82. The van der Waals surface area contributed by atoms with E-state index >= 15 is 0 Å². The van der Waals surface area contributed by atoms with Gasteiger partial charge in [-0.05, 0) is 38.3 Å². The van der Waals surface area contributed by atoms with Crippen LogP contribution in [0.5, 0.6) is 0 Å². The Bertz CT molecular complexity index is 358. The second kappa shape index (κ2) is 6.29. The van der Waals surface area contributed by atoms with Gasteiger partial charge in [0.1, 0.15) is 12.9 Å². The lowest BCUT2D eigenvalue weighted by molar-refractivity contribution is -0.0427. The summed E-state index contributed by atoms with van der Waals surface area (Å²) in [4.78, 5) is 4.27. The van der Waals surface area contributed by atoms with Crippen molar-refractivity contribution in [3.63, 3.8) is 0 Å². The van der Waals surface area contributed by atoms with Gasteiger partial charge in [0.05, 0.1) is 6.10 Å². The maximum absolute atomic E-state index is 5.87. The third kappa shape index (κ3) is 3.53. The molecule has 0 unspecified atom stereocenters. The van der Waals surface area contributed by atoms with Crippen molar-refractivity contribution in [2.24, 2.45) is 11.8 Å². The standard InChI is InChI=1S/C13H24N4O/c1-10(2)7-17-13(15-9-16-17)8-18-12-4-11(5-12)6-14-3/h9-12,14H,4-8H2,1-3H3. The monoisotopic (exact) mass is 252 g/mol. The first-order chi connectivity index (χ1) is 8.69. The van der Waals surface area contributed by atoms with Crippen LogP contribution in [0.25, 0.3) is 0 Å². The van der Waals surface area contributed by atoms with Crippen LogP contribution in [-0.4, -0.2) is 34.5 Å². The molecule has 0 spiro atoms. The number of ether oxygens (including phenoxy) is 1. The molecule has 18 heavy (non-hydrogen) atoms. The molecule has 0 saturated heterocycles. The van der Waals surface area contributed by atoms with Crippen molar-refractivity contribution in [3.05, 3.63) is 12.2 Å². The van der Waals surface area contributed by atoms with E-state index < -0.39 is 0 Å². The number of hydrogen-bond acceptors (Lipinski definition) is 4. The van der Waals surface area contributed by atoms with Crippen LogP contribution in [0.15, 0.2) is 6.33 Å². The Kier molecular flexibility index (Phi) is 4.72. The van der Waals surface area contributed by atoms with Crippen LogP contribution in [0.2, 0.25) is 0 Å². The minimum atomic E-state index is 0.410. The molecule has 0 aromatic carbocycles. The molecule has 1 saturated carbocycles. The first-order valence-corrected chi connectivity index (χ1v) is 6.82. The van der Waals surface area contributed by atoms with E-state index in [0.717, 1.165) is 24.8 Å². The molecule has 1 aliphatic rings. The fraction of sp³-hybridized carbons (Fsp3) is 0.846. The Morgan fingerprint density at radius 3 is 2.94 bits per heavy atom. The average Bonchev–Trinajstić information content (AvgIpc) is 2.68. The summed E-state index contributed by atoms with van der Waals surface area (Å²) in [7, 11) is 2.00. The van der Waals surface area contributed by atoms with Gasteiger partial charge in [-0.25, -0.2) is 9.67 Å². The van der Waals surface area contributed by atoms with Gasteiger partial charge in [0.25, 0.3) is 0 Å². The fourth-order valence-corrected chi connectivity index (χ4v) is 2.36. The minimum Gasteiger partial charge on any atom is -0.370 e. The summed E-state index contributed by atoms with van der Waals surface area (Å²) in [5.74, 6) is 2.31. The van der Waals surface area contributed by atoms with Crippen molar-refractivity contribution < 1.29 is 4.74 Å². The Balaban J connectivity index is 1.73. The van der Waals surface area contributed by atoms with Crippen LogP contribution >= 0.6 is 0 Å². The molecule has 5 heteroatoms. The highest BCUT2D eigenvalue weighted by atomic mass is 16.5. The lowest BCUT2D eigenvalue weighted by Crippen LogP contribution is -2.37. The van der Waals surface area contributed by atoms with Crippen molar-refractivity contribution >= 4 is 0 Å². The molecule has 1 aromatic rings. The van der Waals surface area contributed by atoms with E-state index in [1.807, 2.05) is 11.7 Å². The van der Waals surface area contributed by atoms with Gasteiger partial charge in [-0.15, -0.1) is 0 Å². The molecule has 102 valence electrons. The van der Waals surface area contributed by atoms with Gasteiger partial charge in [0.2, 0.25) is 0 Å². The summed E-state index contributed by atoms with van der Waals surface area (Å²) in [6.45, 7) is 6.96. The van der Waals surface area contributed by atoms with Crippen LogP contribution in [0, 0.1) is 11.8 Å². The normalized spacial score (nSPS) is 23.3. The largest absolute Gasteiger partial charge is 0.370 e. The summed E-state index contributed by atoms with van der Waals surface area (Å²) in [6.07, 6.45) is 4.36. The Hall–Kier alpha value is -0.940. The predicted molar refractivity (Wildman–Crippen MR) is 70.1 cm³/mol. The number of rotatable bonds is 7. The summed E-state index contributed by atoms with van der Waals surface area (Å²) >= 11 is 0. The summed E-state index contributed by atoms with van der Waals surface area (Å²) in [5, 5.41) is 7.45. The zero-order chi connectivity index (χ0) is 13.0. The molecule has 1 heterocycles. The molecule has 1 N–H and O–H groups in total. The molecule has 1 aliphatic carbocycles. The van der Waals surface area contributed by atoms with E-state index in [-0.39, 0.29) is 0 Å². The quantitative estimate of drug-likeness (QED) is 0.798. The number of hydrogen-bond donors (Lipinski definition) is 1. The molecule has 1 aromatic heterocycles. The van der Waals surface area contributed by atoms with Crippen LogP contribution < -0.4 is 5.32 Å². The molecular formula is C13H24N4O. The second-order valence-electron chi connectivity index (χ2n) is 5.58. The third-order valence-corrected chi connectivity index (χ3v) is 3.37. The average molecular weight is 252 g/mol. The molecule has 0 bridgehead atoms. The SMILES string of the molecule is CNCC1CC(OCc2ncnn2CC(C)C)C1. The van der Waals surface area contributed by atoms with Crippen molar-refractivity contribution in [1.29, 1.82) is 0 Å². The van der Waals surface area contributed by atoms with E-state index in [4.69, 9.17) is 4.74 Å². The lowest BCUT2D eigenvalue weighted by atomic mass is 9.82. The van der Waals surface area contributed by atoms with E-state index in [2.05, 4.69) is 29.2 Å². The first kappa shape index (κ1) is 13.5. The van der Waals surface area contributed by atoms with Crippen molar-refractivity contribution in [1.82, 2.24) is 20.1 Å². The molecule has 5 nitrogen and oxygen atoms in total. The van der Waals surface area contributed by atoms with E-state index in [0.29, 0.717) is 18.6 Å². The van der Waals surface area contributed by atoms with Crippen molar-refractivity contribution in [2.45, 2.75) is 45.9 Å². The van der Waals surface area contributed by atoms with E-state index in [1.165, 1.54) is 12.8 Å². The molecule has 0 amide bonds. The Labute approximate surface area is 109 Å². The zero-order valence-electron chi connectivity index (χ0n) is 11.6. The van der Waals surface area contributed by atoms with Crippen LogP contribution in [0.1, 0.15) is 32.5 Å². The predicted octanol–water partition coefficient (Wildman–Crippen LogP) is 1.45. The Morgan fingerprint density at radius 1 is 1.50 bits per heavy atom. The topological polar surface area (TPSA) is 52.0 Å². The van der Waals surface area contributed by atoms with Gasteiger partial charge in [0.15, 0.2) is 5.82 Å². The van der Waals surface area contributed by atoms with Crippen LogP contribution in [-0.2, 0) is 17.9 Å². The van der Waals surface area contributed by atoms with E-state index in [1.54, 1.807) is 6.33 Å². The van der Waals surface area contributed by atoms with E-state index in [9.17, 15) is 0 Å². The lowest BCUT2D eigenvalue weighted by Gasteiger charge is -2.34. The highest BCUT2D eigenvalue weighted by Crippen LogP contribution is 2.29. The number of aromatic nitrogens is 3. The van der Waals surface area contributed by atoms with Crippen molar-refractivity contribution in [3.8, 4) is 0 Å². The molecule has 2 rings (SSSR count). The van der Waals surface area contributed by atoms with Gasteiger partial charge >= 0.3 is 0 Å². The van der Waals surface area contributed by atoms with Crippen molar-refractivity contribution in [2.75, 3.05) is 13.6 Å². The van der Waals surface area contributed by atoms with Gasteiger partial charge in [-0.1, -0.05) is 13.8 Å². The summed E-state index contributed by atoms with van der Waals surface area (Å²) in [5.41, 5.74) is 0. The smallest absolute Gasteiger partial charge is 0.152 e.